The molecule has 22 heavy (non-hydrogen) atoms. The summed E-state index contributed by atoms with van der Waals surface area (Å²) in [7, 11) is 1.81. The molecule has 3 nitrogen and oxygen atoms in total. The zero-order chi connectivity index (χ0) is 14.5. The summed E-state index contributed by atoms with van der Waals surface area (Å²) in [6, 6.07) is 19.0. The van der Waals surface area contributed by atoms with Gasteiger partial charge in [-0.2, -0.15) is 0 Å². The third kappa shape index (κ3) is 4.00. The summed E-state index contributed by atoms with van der Waals surface area (Å²) in [5.41, 5.74) is 4.22. The molecule has 0 aromatic heterocycles. The van der Waals surface area contributed by atoms with E-state index in [1.54, 1.807) is 0 Å². The molecule has 0 aliphatic heterocycles. The fourth-order valence-corrected chi connectivity index (χ4v) is 2.77. The van der Waals surface area contributed by atoms with E-state index in [1.165, 1.54) is 23.1 Å². The maximum atomic E-state index is 4.28. The van der Waals surface area contributed by atoms with Crippen LogP contribution < -0.4 is 10.6 Å². The summed E-state index contributed by atoms with van der Waals surface area (Å²) in [6.45, 7) is 1.73. The van der Waals surface area contributed by atoms with E-state index in [4.69, 9.17) is 0 Å². The second-order valence-electron chi connectivity index (χ2n) is 5.39. The number of nitrogens with zero attached hydrogens (tertiary/aromatic N) is 1. The van der Waals surface area contributed by atoms with Crippen LogP contribution in [0, 0.1) is 0 Å². The van der Waals surface area contributed by atoms with Gasteiger partial charge in [-0.05, 0) is 23.1 Å². The van der Waals surface area contributed by atoms with Crippen molar-refractivity contribution < 1.29 is 0 Å². The van der Waals surface area contributed by atoms with Crippen LogP contribution >= 0.6 is 24.0 Å². The van der Waals surface area contributed by atoms with Crippen molar-refractivity contribution in [3.05, 3.63) is 71.3 Å². The minimum Gasteiger partial charge on any atom is -0.356 e. The number of aliphatic imine (C=N–C) groups is 1. The second kappa shape index (κ2) is 8.17. The number of nitrogens with one attached hydrogen (secondary N) is 2. The lowest BCUT2D eigenvalue weighted by Crippen LogP contribution is -2.40. The Morgan fingerprint density at radius 1 is 1.05 bits per heavy atom. The smallest absolute Gasteiger partial charge is 0.191 e. The first-order valence-electron chi connectivity index (χ1n) is 7.43. The van der Waals surface area contributed by atoms with E-state index in [0.717, 1.165) is 19.0 Å². The van der Waals surface area contributed by atoms with Crippen LogP contribution in [-0.2, 0) is 13.0 Å². The summed E-state index contributed by atoms with van der Waals surface area (Å²) >= 11 is 0. The van der Waals surface area contributed by atoms with E-state index in [9.17, 15) is 0 Å². The van der Waals surface area contributed by atoms with E-state index >= 15 is 0 Å². The zero-order valence-electron chi connectivity index (χ0n) is 12.8. The van der Waals surface area contributed by atoms with Gasteiger partial charge in [-0.1, -0.05) is 54.6 Å². The molecular formula is C18H22IN3. The number of fused-ring (bicyclic) bond motifs is 1. The number of guanidine groups is 1. The van der Waals surface area contributed by atoms with Crippen molar-refractivity contribution in [1.29, 1.82) is 0 Å². The highest BCUT2D eigenvalue weighted by atomic mass is 127. The van der Waals surface area contributed by atoms with Crippen LogP contribution in [0.2, 0.25) is 0 Å². The van der Waals surface area contributed by atoms with Crippen molar-refractivity contribution in [2.45, 2.75) is 18.9 Å². The molecule has 0 spiro atoms. The van der Waals surface area contributed by atoms with Gasteiger partial charge in [0, 0.05) is 26.1 Å². The van der Waals surface area contributed by atoms with Crippen LogP contribution in [0.5, 0.6) is 0 Å². The normalized spacial score (nSPS) is 16.0. The quantitative estimate of drug-likeness (QED) is 0.464. The van der Waals surface area contributed by atoms with Gasteiger partial charge in [0.15, 0.2) is 5.96 Å². The maximum Gasteiger partial charge on any atom is 0.191 e. The molecule has 1 aliphatic carbocycles. The van der Waals surface area contributed by atoms with Gasteiger partial charge in [0.1, 0.15) is 0 Å². The van der Waals surface area contributed by atoms with Crippen molar-refractivity contribution in [2.24, 2.45) is 4.99 Å². The summed E-state index contributed by atoms with van der Waals surface area (Å²) in [4.78, 5) is 4.28. The van der Waals surface area contributed by atoms with Gasteiger partial charge in [0.05, 0.1) is 0 Å². The Hall–Kier alpha value is -1.56. The molecule has 0 fully saturated rings. The Bertz CT molecular complexity index is 625. The Morgan fingerprint density at radius 2 is 1.77 bits per heavy atom. The SMILES string of the molecule is CN=C(NCc1ccccc1)NCC1Cc2ccccc21.I. The van der Waals surface area contributed by atoms with Gasteiger partial charge in [-0.15, -0.1) is 24.0 Å². The number of hydrogen-bond acceptors (Lipinski definition) is 1. The monoisotopic (exact) mass is 407 g/mol. The first kappa shape index (κ1) is 16.8. The van der Waals surface area contributed by atoms with Gasteiger partial charge in [-0.25, -0.2) is 0 Å². The average Bonchev–Trinajstić information content (AvgIpc) is 2.52. The highest BCUT2D eigenvalue weighted by molar-refractivity contribution is 14.0. The van der Waals surface area contributed by atoms with E-state index in [2.05, 4.69) is 64.2 Å². The Morgan fingerprint density at radius 3 is 2.50 bits per heavy atom. The van der Waals surface area contributed by atoms with E-state index in [1.807, 2.05) is 13.1 Å². The fourth-order valence-electron chi connectivity index (χ4n) is 2.77. The molecule has 0 heterocycles. The lowest BCUT2D eigenvalue weighted by atomic mass is 9.78. The topological polar surface area (TPSA) is 36.4 Å². The minimum absolute atomic E-state index is 0. The molecule has 0 radical (unpaired) electrons. The highest BCUT2D eigenvalue weighted by Crippen LogP contribution is 2.33. The van der Waals surface area contributed by atoms with Crippen LogP contribution in [-0.4, -0.2) is 19.6 Å². The zero-order valence-corrected chi connectivity index (χ0v) is 15.1. The molecule has 1 unspecified atom stereocenters. The predicted octanol–water partition coefficient (Wildman–Crippen LogP) is 3.31. The van der Waals surface area contributed by atoms with Crippen LogP contribution in [0.25, 0.3) is 0 Å². The van der Waals surface area contributed by atoms with Crippen LogP contribution in [0.1, 0.15) is 22.6 Å². The molecule has 3 rings (SSSR count). The lowest BCUT2D eigenvalue weighted by Gasteiger charge is -2.30. The molecule has 0 saturated carbocycles. The Balaban J connectivity index is 0.00000176. The molecule has 0 amide bonds. The predicted molar refractivity (Wildman–Crippen MR) is 103 cm³/mol. The Kier molecular flexibility index (Phi) is 6.24. The van der Waals surface area contributed by atoms with E-state index in [0.29, 0.717) is 5.92 Å². The number of halogens is 1. The van der Waals surface area contributed by atoms with Gasteiger partial charge in [0.25, 0.3) is 0 Å². The third-order valence-corrected chi connectivity index (χ3v) is 4.00. The summed E-state index contributed by atoms with van der Waals surface area (Å²) in [5, 5.41) is 6.77. The van der Waals surface area contributed by atoms with Crippen molar-refractivity contribution in [3.8, 4) is 0 Å². The minimum atomic E-state index is 0. The van der Waals surface area contributed by atoms with Gasteiger partial charge >= 0.3 is 0 Å². The summed E-state index contributed by atoms with van der Waals surface area (Å²) in [5.74, 6) is 1.47. The van der Waals surface area contributed by atoms with E-state index in [-0.39, 0.29) is 24.0 Å². The van der Waals surface area contributed by atoms with Crippen LogP contribution in [0.15, 0.2) is 59.6 Å². The molecule has 2 N–H and O–H groups in total. The first-order chi connectivity index (χ1) is 10.4. The molecule has 1 atom stereocenters. The fraction of sp³-hybridized carbons (Fsp3) is 0.278. The largest absolute Gasteiger partial charge is 0.356 e. The molecule has 0 saturated heterocycles. The lowest BCUT2D eigenvalue weighted by molar-refractivity contribution is 0.584. The van der Waals surface area contributed by atoms with Crippen molar-refractivity contribution in [3.63, 3.8) is 0 Å². The average molecular weight is 407 g/mol. The van der Waals surface area contributed by atoms with Gasteiger partial charge < -0.3 is 10.6 Å². The summed E-state index contributed by atoms with van der Waals surface area (Å²) < 4.78 is 0. The molecular weight excluding hydrogens is 385 g/mol. The molecule has 1 aliphatic rings. The number of benzene rings is 2. The second-order valence-corrected chi connectivity index (χ2v) is 5.39. The maximum absolute atomic E-state index is 4.28. The summed E-state index contributed by atoms with van der Waals surface area (Å²) in [6.07, 6.45) is 1.17. The molecule has 0 bridgehead atoms. The first-order valence-corrected chi connectivity index (χ1v) is 7.43. The number of rotatable bonds is 4. The molecule has 2 aromatic rings. The highest BCUT2D eigenvalue weighted by Gasteiger charge is 2.25. The Labute approximate surface area is 149 Å². The third-order valence-electron chi connectivity index (χ3n) is 4.00. The van der Waals surface area contributed by atoms with Crippen molar-refractivity contribution >= 4 is 29.9 Å². The van der Waals surface area contributed by atoms with Crippen molar-refractivity contribution in [2.75, 3.05) is 13.6 Å². The van der Waals surface area contributed by atoms with Gasteiger partial charge in [-0.3, -0.25) is 4.99 Å². The number of hydrogen-bond donors (Lipinski definition) is 2. The van der Waals surface area contributed by atoms with Crippen molar-refractivity contribution in [1.82, 2.24) is 10.6 Å². The van der Waals surface area contributed by atoms with E-state index < -0.39 is 0 Å². The standard InChI is InChI=1S/C18H21N3.HI/c1-19-18(20-12-14-7-3-2-4-8-14)21-13-16-11-15-9-5-6-10-17(15)16;/h2-10,16H,11-13H2,1H3,(H2,19,20,21);1H. The van der Waals surface area contributed by atoms with Crippen LogP contribution in [0.4, 0.5) is 0 Å². The van der Waals surface area contributed by atoms with Crippen LogP contribution in [0.3, 0.4) is 0 Å². The molecule has 4 heteroatoms. The molecule has 2 aromatic carbocycles. The van der Waals surface area contributed by atoms with Gasteiger partial charge in [0.2, 0.25) is 0 Å². The molecule has 116 valence electrons.